The molecule has 0 saturated carbocycles. The molecule has 2 aromatic heterocycles. The number of imidazole rings is 1. The fraction of sp³-hybridized carbons (Fsp3) is 0.500. The van der Waals surface area contributed by atoms with Crippen LogP contribution in [0.4, 0.5) is 5.95 Å². The van der Waals surface area contributed by atoms with Crippen molar-refractivity contribution in [1.82, 2.24) is 24.0 Å². The smallest absolute Gasteiger partial charge is 0.329 e. The summed E-state index contributed by atoms with van der Waals surface area (Å²) in [5.41, 5.74) is 2.61. The van der Waals surface area contributed by atoms with Crippen molar-refractivity contribution in [3.8, 4) is 0 Å². The second-order valence-corrected chi connectivity index (χ2v) is 7.94. The predicted octanol–water partition coefficient (Wildman–Crippen LogP) is 1.09. The van der Waals surface area contributed by atoms with Crippen LogP contribution >= 0.6 is 0 Å². The van der Waals surface area contributed by atoms with E-state index in [-0.39, 0.29) is 0 Å². The van der Waals surface area contributed by atoms with Crippen LogP contribution in [0.1, 0.15) is 18.1 Å². The molecule has 0 atom stereocenters. The summed E-state index contributed by atoms with van der Waals surface area (Å²) in [5, 5.41) is 0. The Morgan fingerprint density at radius 1 is 1.13 bits per heavy atom. The lowest BCUT2D eigenvalue weighted by Crippen LogP contribution is -2.47. The Balaban J connectivity index is 1.59. The molecule has 0 bridgehead atoms. The van der Waals surface area contributed by atoms with Crippen molar-refractivity contribution in [2.75, 3.05) is 44.3 Å². The van der Waals surface area contributed by atoms with E-state index in [2.05, 4.69) is 46.0 Å². The molecule has 9 nitrogen and oxygen atoms in total. The molecule has 0 aliphatic carbocycles. The van der Waals surface area contributed by atoms with Crippen molar-refractivity contribution in [2.45, 2.75) is 26.9 Å². The maximum absolute atomic E-state index is 12.6. The third-order valence-electron chi connectivity index (χ3n) is 5.96. The van der Waals surface area contributed by atoms with Crippen molar-refractivity contribution < 1.29 is 4.74 Å². The molecule has 1 fully saturated rings. The van der Waals surface area contributed by atoms with Crippen LogP contribution in [-0.2, 0) is 24.9 Å². The summed E-state index contributed by atoms with van der Waals surface area (Å²) in [5.74, 6) is 0.719. The van der Waals surface area contributed by atoms with Gasteiger partial charge >= 0.3 is 5.69 Å². The predicted molar refractivity (Wildman–Crippen MR) is 121 cm³/mol. The lowest BCUT2D eigenvalue weighted by molar-refractivity contribution is 0.140. The molecule has 3 aromatic rings. The number of H-pyrrole nitrogens is 1. The van der Waals surface area contributed by atoms with Gasteiger partial charge in [0.25, 0.3) is 5.56 Å². The number of rotatable bonds is 7. The summed E-state index contributed by atoms with van der Waals surface area (Å²) < 4.78 is 8.81. The maximum Gasteiger partial charge on any atom is 0.329 e. The van der Waals surface area contributed by atoms with E-state index in [0.717, 1.165) is 38.7 Å². The number of hydrogen-bond donors (Lipinski definition) is 1. The molecule has 0 spiro atoms. The van der Waals surface area contributed by atoms with Gasteiger partial charge in [-0.2, -0.15) is 4.98 Å². The van der Waals surface area contributed by atoms with Crippen LogP contribution in [0.3, 0.4) is 0 Å². The largest absolute Gasteiger partial charge is 0.380 e. The van der Waals surface area contributed by atoms with Crippen LogP contribution < -0.4 is 16.1 Å². The Morgan fingerprint density at radius 2 is 1.87 bits per heavy atom. The fourth-order valence-corrected chi connectivity index (χ4v) is 4.11. The summed E-state index contributed by atoms with van der Waals surface area (Å²) in [6, 6.07) is 8.48. The lowest BCUT2D eigenvalue weighted by Gasteiger charge is -2.35. The highest BCUT2D eigenvalue weighted by atomic mass is 16.5. The van der Waals surface area contributed by atoms with Crippen molar-refractivity contribution in [1.29, 1.82) is 0 Å². The van der Waals surface area contributed by atoms with E-state index in [1.807, 2.05) is 11.5 Å². The quantitative estimate of drug-likeness (QED) is 0.569. The van der Waals surface area contributed by atoms with Crippen LogP contribution in [0.25, 0.3) is 11.2 Å². The normalized spacial score (nSPS) is 15.1. The van der Waals surface area contributed by atoms with Crippen LogP contribution in [0.2, 0.25) is 0 Å². The van der Waals surface area contributed by atoms with Gasteiger partial charge in [-0.3, -0.25) is 19.2 Å². The Hall–Kier alpha value is -2.91. The number of anilines is 1. The number of benzene rings is 1. The molecule has 0 unspecified atom stereocenters. The monoisotopic (exact) mass is 426 g/mol. The fourth-order valence-electron chi connectivity index (χ4n) is 4.11. The molecule has 1 aliphatic heterocycles. The Labute approximate surface area is 180 Å². The van der Waals surface area contributed by atoms with Crippen LogP contribution in [0, 0.1) is 6.92 Å². The Morgan fingerprint density at radius 3 is 2.58 bits per heavy atom. The molecule has 1 N–H and O–H groups in total. The number of fused-ring (bicyclic) bond motifs is 1. The van der Waals surface area contributed by atoms with Gasteiger partial charge in [0, 0.05) is 52.9 Å². The van der Waals surface area contributed by atoms with Gasteiger partial charge in [0.15, 0.2) is 11.2 Å². The molecule has 1 saturated heterocycles. The second-order valence-electron chi connectivity index (χ2n) is 7.94. The van der Waals surface area contributed by atoms with Gasteiger partial charge in [-0.1, -0.05) is 24.3 Å². The van der Waals surface area contributed by atoms with E-state index in [1.165, 1.54) is 15.7 Å². The minimum atomic E-state index is -0.457. The summed E-state index contributed by atoms with van der Waals surface area (Å²) in [6.07, 6.45) is 0. The van der Waals surface area contributed by atoms with E-state index in [4.69, 9.17) is 9.72 Å². The van der Waals surface area contributed by atoms with Crippen LogP contribution in [-0.4, -0.2) is 63.4 Å². The molecule has 3 heterocycles. The molecule has 4 rings (SSSR count). The van der Waals surface area contributed by atoms with Crippen LogP contribution in [0.5, 0.6) is 0 Å². The number of nitrogens with zero attached hydrogens (tertiary/aromatic N) is 5. The first-order valence-electron chi connectivity index (χ1n) is 10.8. The maximum atomic E-state index is 12.6. The standard InChI is InChI=1S/C22H30N6O3/c1-4-31-14-13-28-18-19(25(3)22(30)24-20(18)29)23-21(28)27-11-9-26(10-12-27)15-17-8-6-5-7-16(17)2/h5-8H,4,9-15H2,1-3H3,(H,24,29,30). The first-order chi connectivity index (χ1) is 15.0. The highest BCUT2D eigenvalue weighted by Gasteiger charge is 2.25. The molecule has 1 aromatic carbocycles. The molecular weight excluding hydrogens is 396 g/mol. The van der Waals surface area contributed by atoms with Gasteiger partial charge in [0.1, 0.15) is 0 Å². The van der Waals surface area contributed by atoms with E-state index in [0.29, 0.717) is 30.9 Å². The third-order valence-corrected chi connectivity index (χ3v) is 5.96. The zero-order valence-corrected chi connectivity index (χ0v) is 18.4. The molecule has 31 heavy (non-hydrogen) atoms. The molecule has 0 amide bonds. The number of aromatic amines is 1. The third kappa shape index (κ3) is 4.28. The molecule has 166 valence electrons. The average molecular weight is 427 g/mol. The molecule has 9 heteroatoms. The Bertz CT molecular complexity index is 1170. The zero-order valence-electron chi connectivity index (χ0n) is 18.4. The number of nitrogens with one attached hydrogen (secondary N) is 1. The van der Waals surface area contributed by atoms with Crippen molar-refractivity contribution in [3.05, 3.63) is 56.2 Å². The SMILES string of the molecule is CCOCCn1c(N2CCN(Cc3ccccc3C)CC2)nc2c1c(=O)[nH]c(=O)n2C. The van der Waals surface area contributed by atoms with E-state index in [1.54, 1.807) is 7.05 Å². The minimum Gasteiger partial charge on any atom is -0.380 e. The van der Waals surface area contributed by atoms with Gasteiger partial charge < -0.3 is 14.2 Å². The van der Waals surface area contributed by atoms with Crippen molar-refractivity contribution in [3.63, 3.8) is 0 Å². The highest BCUT2D eigenvalue weighted by Crippen LogP contribution is 2.21. The van der Waals surface area contributed by atoms with Gasteiger partial charge in [-0.05, 0) is 25.0 Å². The average Bonchev–Trinajstić information content (AvgIpc) is 3.15. The van der Waals surface area contributed by atoms with Crippen molar-refractivity contribution >= 4 is 17.1 Å². The van der Waals surface area contributed by atoms with E-state index in [9.17, 15) is 9.59 Å². The number of ether oxygens (including phenoxy) is 1. The van der Waals surface area contributed by atoms with Crippen molar-refractivity contribution in [2.24, 2.45) is 7.05 Å². The van der Waals surface area contributed by atoms with Crippen LogP contribution in [0.15, 0.2) is 33.9 Å². The van der Waals surface area contributed by atoms with E-state index >= 15 is 0 Å². The molecular formula is C22H30N6O3. The van der Waals surface area contributed by atoms with Gasteiger partial charge in [0.05, 0.1) is 6.61 Å². The van der Waals surface area contributed by atoms with Gasteiger partial charge in [0.2, 0.25) is 5.95 Å². The minimum absolute atomic E-state index is 0.405. The zero-order chi connectivity index (χ0) is 22.0. The summed E-state index contributed by atoms with van der Waals surface area (Å²) >= 11 is 0. The summed E-state index contributed by atoms with van der Waals surface area (Å²) in [4.78, 5) is 36.4. The highest BCUT2D eigenvalue weighted by molar-refractivity contribution is 5.74. The summed E-state index contributed by atoms with van der Waals surface area (Å²) in [6.45, 7) is 10.0. The van der Waals surface area contributed by atoms with E-state index < -0.39 is 11.2 Å². The number of aryl methyl sites for hydroxylation is 2. The first-order valence-corrected chi connectivity index (χ1v) is 10.8. The Kier molecular flexibility index (Phi) is 6.24. The number of aromatic nitrogens is 4. The topological polar surface area (TPSA) is 88.4 Å². The number of hydrogen-bond acceptors (Lipinski definition) is 6. The first kappa shape index (κ1) is 21.3. The summed E-state index contributed by atoms with van der Waals surface area (Å²) in [7, 11) is 1.63. The van der Waals surface area contributed by atoms with Gasteiger partial charge in [-0.25, -0.2) is 4.79 Å². The second kappa shape index (κ2) is 9.07. The number of piperazine rings is 1. The molecule has 1 aliphatic rings. The lowest BCUT2D eigenvalue weighted by atomic mass is 10.1. The molecule has 0 radical (unpaired) electrons. The van der Waals surface area contributed by atoms with Gasteiger partial charge in [-0.15, -0.1) is 0 Å².